The third kappa shape index (κ3) is 5.67. The Morgan fingerprint density at radius 3 is 2.31 bits per heavy atom. The Hall–Kier alpha value is -3.14. The van der Waals surface area contributed by atoms with E-state index in [2.05, 4.69) is 5.32 Å². The molecule has 0 fully saturated rings. The SMILES string of the molecule is COc1ccc([N+](=O)[O-])cc1NC(=O)CN(c1ccc(C(C)C)cc1)S(C)(=O)=O. The minimum Gasteiger partial charge on any atom is -0.495 e. The Morgan fingerprint density at radius 2 is 1.83 bits per heavy atom. The maximum Gasteiger partial charge on any atom is 0.271 e. The Morgan fingerprint density at radius 1 is 1.21 bits per heavy atom. The van der Waals surface area contributed by atoms with E-state index in [1.165, 1.54) is 19.2 Å². The lowest BCUT2D eigenvalue weighted by atomic mass is 10.0. The minimum atomic E-state index is -3.74. The van der Waals surface area contributed by atoms with Crippen molar-refractivity contribution in [3.05, 3.63) is 58.1 Å². The summed E-state index contributed by atoms with van der Waals surface area (Å²) in [5.74, 6) is -0.168. The number of nitrogens with one attached hydrogen (secondary N) is 1. The second-order valence-electron chi connectivity index (χ2n) is 6.71. The van der Waals surface area contributed by atoms with E-state index in [4.69, 9.17) is 4.74 Å². The molecule has 0 bridgehead atoms. The first-order valence-electron chi connectivity index (χ1n) is 8.73. The fourth-order valence-corrected chi connectivity index (χ4v) is 3.51. The van der Waals surface area contributed by atoms with Crippen molar-refractivity contribution in [3.63, 3.8) is 0 Å². The molecule has 156 valence electrons. The molecule has 0 radical (unpaired) electrons. The molecule has 1 N–H and O–H groups in total. The molecular formula is C19H23N3O6S. The lowest BCUT2D eigenvalue weighted by Crippen LogP contribution is -2.37. The molecule has 10 heteroatoms. The summed E-state index contributed by atoms with van der Waals surface area (Å²) in [4.78, 5) is 22.9. The first-order valence-corrected chi connectivity index (χ1v) is 10.6. The zero-order valence-electron chi connectivity index (χ0n) is 16.6. The van der Waals surface area contributed by atoms with Crippen LogP contribution < -0.4 is 14.4 Å². The van der Waals surface area contributed by atoms with Gasteiger partial charge in [0.2, 0.25) is 15.9 Å². The van der Waals surface area contributed by atoms with Crippen LogP contribution in [0.2, 0.25) is 0 Å². The summed E-state index contributed by atoms with van der Waals surface area (Å²) in [6, 6.07) is 10.6. The van der Waals surface area contributed by atoms with Crippen LogP contribution in [0.25, 0.3) is 0 Å². The van der Waals surface area contributed by atoms with Crippen LogP contribution in [0.15, 0.2) is 42.5 Å². The van der Waals surface area contributed by atoms with Crippen LogP contribution in [0, 0.1) is 10.1 Å². The summed E-state index contributed by atoms with van der Waals surface area (Å²) in [6.45, 7) is 3.54. The number of ether oxygens (including phenoxy) is 1. The zero-order valence-corrected chi connectivity index (χ0v) is 17.4. The highest BCUT2D eigenvalue weighted by Crippen LogP contribution is 2.29. The number of non-ortho nitro benzene ring substituents is 1. The molecule has 2 aromatic rings. The first kappa shape index (κ1) is 22.2. The number of sulfonamides is 1. The van der Waals surface area contributed by atoms with Crippen molar-refractivity contribution in [3.8, 4) is 5.75 Å². The molecule has 0 aliphatic heterocycles. The maximum absolute atomic E-state index is 12.5. The van der Waals surface area contributed by atoms with Crippen LogP contribution >= 0.6 is 0 Å². The van der Waals surface area contributed by atoms with Gasteiger partial charge in [0.05, 0.1) is 29.7 Å². The average Bonchev–Trinajstić information content (AvgIpc) is 2.65. The van der Waals surface area contributed by atoms with Gasteiger partial charge in [0.15, 0.2) is 0 Å². The Bertz CT molecular complexity index is 1000. The van der Waals surface area contributed by atoms with Crippen LogP contribution in [0.3, 0.4) is 0 Å². The number of carbonyl (C=O) groups is 1. The molecule has 0 unspecified atom stereocenters. The largest absolute Gasteiger partial charge is 0.495 e. The van der Waals surface area contributed by atoms with Crippen LogP contribution in [0.1, 0.15) is 25.3 Å². The van der Waals surface area contributed by atoms with Crippen LogP contribution in [0.5, 0.6) is 5.75 Å². The normalized spacial score (nSPS) is 11.2. The second-order valence-corrected chi connectivity index (χ2v) is 8.61. The monoisotopic (exact) mass is 421 g/mol. The fourth-order valence-electron chi connectivity index (χ4n) is 2.65. The van der Waals surface area contributed by atoms with E-state index in [1.807, 2.05) is 13.8 Å². The number of amides is 1. The number of carbonyl (C=O) groups excluding carboxylic acids is 1. The van der Waals surface area contributed by atoms with Gasteiger partial charge in [0, 0.05) is 12.1 Å². The number of nitro benzene ring substituents is 1. The van der Waals surface area contributed by atoms with Crippen molar-refractivity contribution in [2.75, 3.05) is 29.5 Å². The van der Waals surface area contributed by atoms with E-state index < -0.39 is 27.4 Å². The number of nitrogens with zero attached hydrogens (tertiary/aromatic N) is 2. The van der Waals surface area contributed by atoms with Gasteiger partial charge in [-0.1, -0.05) is 26.0 Å². The van der Waals surface area contributed by atoms with Gasteiger partial charge in [-0.2, -0.15) is 0 Å². The lowest BCUT2D eigenvalue weighted by molar-refractivity contribution is -0.384. The van der Waals surface area contributed by atoms with Crippen LogP contribution in [0.4, 0.5) is 17.1 Å². The van der Waals surface area contributed by atoms with E-state index in [9.17, 15) is 23.3 Å². The molecule has 0 spiro atoms. The van der Waals surface area contributed by atoms with Gasteiger partial charge in [-0.05, 0) is 29.7 Å². The standard InChI is InChI=1S/C19H23N3O6S/c1-13(2)14-5-7-15(8-6-14)21(29(4,26)27)12-19(23)20-17-11-16(22(24)25)9-10-18(17)28-3/h5-11,13H,12H2,1-4H3,(H,20,23). The van der Waals surface area contributed by atoms with E-state index in [-0.39, 0.29) is 23.0 Å². The third-order valence-corrected chi connectivity index (χ3v) is 5.34. The number of hydrogen-bond acceptors (Lipinski definition) is 6. The highest BCUT2D eigenvalue weighted by molar-refractivity contribution is 7.92. The van der Waals surface area contributed by atoms with Crippen molar-refractivity contribution in [2.45, 2.75) is 19.8 Å². The van der Waals surface area contributed by atoms with E-state index in [0.717, 1.165) is 22.2 Å². The molecule has 0 aliphatic rings. The molecule has 9 nitrogen and oxygen atoms in total. The van der Waals surface area contributed by atoms with Crippen molar-refractivity contribution in [1.29, 1.82) is 0 Å². The molecule has 1 amide bonds. The van der Waals surface area contributed by atoms with Crippen molar-refractivity contribution in [1.82, 2.24) is 0 Å². The Labute approximate surface area is 169 Å². The van der Waals surface area contributed by atoms with Gasteiger partial charge in [-0.15, -0.1) is 0 Å². The minimum absolute atomic E-state index is 0.0790. The summed E-state index contributed by atoms with van der Waals surface area (Å²) in [5.41, 5.74) is 1.23. The Kier molecular flexibility index (Phi) is 6.80. The molecule has 0 aromatic heterocycles. The van der Waals surface area contributed by atoms with Crippen LogP contribution in [-0.4, -0.2) is 39.2 Å². The number of nitro groups is 1. The lowest BCUT2D eigenvalue weighted by Gasteiger charge is -2.22. The quantitative estimate of drug-likeness (QED) is 0.517. The van der Waals surface area contributed by atoms with E-state index in [0.29, 0.717) is 5.69 Å². The topological polar surface area (TPSA) is 119 Å². The molecule has 2 aromatic carbocycles. The Balaban J connectivity index is 2.28. The number of methoxy groups -OCH3 is 1. The van der Waals surface area contributed by atoms with Crippen molar-refractivity contribution < 1.29 is 22.9 Å². The fraction of sp³-hybridized carbons (Fsp3) is 0.316. The van der Waals surface area contributed by atoms with Gasteiger partial charge in [-0.25, -0.2) is 8.42 Å². The average molecular weight is 421 g/mol. The third-order valence-electron chi connectivity index (χ3n) is 4.20. The number of rotatable bonds is 8. The van der Waals surface area contributed by atoms with E-state index >= 15 is 0 Å². The number of anilines is 2. The van der Waals surface area contributed by atoms with Gasteiger partial charge < -0.3 is 10.1 Å². The van der Waals surface area contributed by atoms with E-state index in [1.54, 1.807) is 24.3 Å². The molecule has 2 rings (SSSR count). The molecule has 29 heavy (non-hydrogen) atoms. The maximum atomic E-state index is 12.5. The highest BCUT2D eigenvalue weighted by atomic mass is 32.2. The summed E-state index contributed by atoms with van der Waals surface area (Å²) in [6.07, 6.45) is 1.00. The smallest absolute Gasteiger partial charge is 0.271 e. The van der Waals surface area contributed by atoms with Crippen LogP contribution in [-0.2, 0) is 14.8 Å². The molecule has 0 saturated carbocycles. The van der Waals surface area contributed by atoms with Crippen molar-refractivity contribution in [2.24, 2.45) is 0 Å². The predicted molar refractivity (Wildman–Crippen MR) is 111 cm³/mol. The predicted octanol–water partition coefficient (Wildman–Crippen LogP) is 3.13. The van der Waals surface area contributed by atoms with Gasteiger partial charge in [0.1, 0.15) is 12.3 Å². The summed E-state index contributed by atoms with van der Waals surface area (Å²) >= 11 is 0. The summed E-state index contributed by atoms with van der Waals surface area (Å²) < 4.78 is 30.5. The summed E-state index contributed by atoms with van der Waals surface area (Å²) in [5, 5.41) is 13.5. The van der Waals surface area contributed by atoms with Crippen molar-refractivity contribution >= 4 is 33.0 Å². The first-order chi connectivity index (χ1) is 13.5. The van der Waals surface area contributed by atoms with Gasteiger partial charge in [0.25, 0.3) is 5.69 Å². The highest BCUT2D eigenvalue weighted by Gasteiger charge is 2.22. The molecule has 0 atom stereocenters. The second kappa shape index (κ2) is 8.91. The summed E-state index contributed by atoms with van der Waals surface area (Å²) in [7, 11) is -2.39. The molecule has 0 heterocycles. The molecular weight excluding hydrogens is 398 g/mol. The molecule has 0 saturated heterocycles. The van der Waals surface area contributed by atoms with Gasteiger partial charge >= 0.3 is 0 Å². The number of benzene rings is 2. The molecule has 0 aliphatic carbocycles. The number of hydrogen-bond donors (Lipinski definition) is 1. The zero-order chi connectivity index (χ0) is 21.8. The van der Waals surface area contributed by atoms with Gasteiger partial charge in [-0.3, -0.25) is 19.2 Å².